The van der Waals surface area contributed by atoms with Gasteiger partial charge in [-0.2, -0.15) is 0 Å². The largest absolute Gasteiger partial charge is 0.378 e. The number of piperazine rings is 1. The molecule has 0 spiro atoms. The highest BCUT2D eigenvalue weighted by atomic mass is 15.3. The summed E-state index contributed by atoms with van der Waals surface area (Å²) < 4.78 is 0. The number of hydrogen-bond acceptors (Lipinski definition) is 4. The van der Waals surface area contributed by atoms with Crippen molar-refractivity contribution in [3.8, 4) is 0 Å². The molecule has 2 saturated heterocycles. The van der Waals surface area contributed by atoms with Crippen LogP contribution in [-0.2, 0) is 0 Å². The van der Waals surface area contributed by atoms with Crippen LogP contribution in [0.1, 0.15) is 24.4 Å². The molecule has 1 aromatic rings. The van der Waals surface area contributed by atoms with Gasteiger partial charge in [-0.25, -0.2) is 0 Å². The van der Waals surface area contributed by atoms with Gasteiger partial charge in [0, 0.05) is 58.5 Å². The molecule has 2 fully saturated rings. The van der Waals surface area contributed by atoms with Crippen molar-refractivity contribution in [2.24, 2.45) is 0 Å². The molecule has 0 bridgehead atoms. The van der Waals surface area contributed by atoms with Gasteiger partial charge in [0.2, 0.25) is 0 Å². The SMILES string of the molecule is CN(C)c1ccc(C(CN2CCCC2)N2CCNCC2)cc1. The van der Waals surface area contributed by atoms with Gasteiger partial charge in [-0.3, -0.25) is 4.90 Å². The molecule has 0 amide bonds. The minimum Gasteiger partial charge on any atom is -0.378 e. The lowest BCUT2D eigenvalue weighted by Gasteiger charge is -2.37. The first-order chi connectivity index (χ1) is 10.7. The van der Waals surface area contributed by atoms with Crippen molar-refractivity contribution < 1.29 is 0 Å². The van der Waals surface area contributed by atoms with Crippen molar-refractivity contribution in [1.29, 1.82) is 0 Å². The fourth-order valence-electron chi connectivity index (χ4n) is 3.63. The third-order valence-electron chi connectivity index (χ3n) is 5.02. The van der Waals surface area contributed by atoms with Gasteiger partial charge in [0.25, 0.3) is 0 Å². The van der Waals surface area contributed by atoms with Gasteiger partial charge in [-0.15, -0.1) is 0 Å². The Kier molecular flexibility index (Phi) is 5.34. The first-order valence-electron chi connectivity index (χ1n) is 8.68. The monoisotopic (exact) mass is 302 g/mol. The van der Waals surface area contributed by atoms with Crippen LogP contribution in [0, 0.1) is 0 Å². The number of rotatable bonds is 5. The lowest BCUT2D eigenvalue weighted by Crippen LogP contribution is -2.47. The topological polar surface area (TPSA) is 21.8 Å². The Morgan fingerprint density at radius 3 is 2.23 bits per heavy atom. The van der Waals surface area contributed by atoms with E-state index in [4.69, 9.17) is 0 Å². The smallest absolute Gasteiger partial charge is 0.0476 e. The number of anilines is 1. The van der Waals surface area contributed by atoms with E-state index in [1.54, 1.807) is 0 Å². The maximum Gasteiger partial charge on any atom is 0.0476 e. The summed E-state index contributed by atoms with van der Waals surface area (Å²) in [6.45, 7) is 8.29. The van der Waals surface area contributed by atoms with E-state index in [2.05, 4.69) is 58.4 Å². The van der Waals surface area contributed by atoms with Crippen molar-refractivity contribution in [3.63, 3.8) is 0 Å². The molecule has 2 heterocycles. The van der Waals surface area contributed by atoms with Crippen LogP contribution in [0.4, 0.5) is 5.69 Å². The van der Waals surface area contributed by atoms with Crippen LogP contribution < -0.4 is 10.2 Å². The lowest BCUT2D eigenvalue weighted by molar-refractivity contribution is 0.135. The Labute approximate surface area is 135 Å². The minimum absolute atomic E-state index is 0.538. The van der Waals surface area contributed by atoms with E-state index in [-0.39, 0.29) is 0 Å². The zero-order valence-corrected chi connectivity index (χ0v) is 14.1. The van der Waals surface area contributed by atoms with Crippen molar-refractivity contribution in [2.75, 3.05) is 64.8 Å². The minimum atomic E-state index is 0.538. The van der Waals surface area contributed by atoms with E-state index < -0.39 is 0 Å². The number of benzene rings is 1. The van der Waals surface area contributed by atoms with Gasteiger partial charge < -0.3 is 15.1 Å². The molecule has 1 aromatic carbocycles. The van der Waals surface area contributed by atoms with Crippen LogP contribution in [0.3, 0.4) is 0 Å². The van der Waals surface area contributed by atoms with E-state index in [1.807, 2.05) is 0 Å². The quantitative estimate of drug-likeness (QED) is 0.895. The van der Waals surface area contributed by atoms with E-state index >= 15 is 0 Å². The molecule has 1 unspecified atom stereocenters. The molecule has 1 N–H and O–H groups in total. The van der Waals surface area contributed by atoms with Crippen molar-refractivity contribution in [2.45, 2.75) is 18.9 Å². The highest BCUT2D eigenvalue weighted by Crippen LogP contribution is 2.26. The van der Waals surface area contributed by atoms with Crippen molar-refractivity contribution in [3.05, 3.63) is 29.8 Å². The maximum absolute atomic E-state index is 3.48. The Morgan fingerprint density at radius 2 is 1.64 bits per heavy atom. The average molecular weight is 302 g/mol. The van der Waals surface area contributed by atoms with Crippen LogP contribution in [0.2, 0.25) is 0 Å². The highest BCUT2D eigenvalue weighted by molar-refractivity contribution is 5.46. The number of hydrogen-bond donors (Lipinski definition) is 1. The average Bonchev–Trinajstić information content (AvgIpc) is 3.07. The number of nitrogens with zero attached hydrogens (tertiary/aromatic N) is 3. The highest BCUT2D eigenvalue weighted by Gasteiger charge is 2.25. The molecule has 22 heavy (non-hydrogen) atoms. The summed E-state index contributed by atoms with van der Waals surface area (Å²) in [5.41, 5.74) is 2.75. The predicted octanol–water partition coefficient (Wildman–Crippen LogP) is 1.79. The second-order valence-electron chi connectivity index (χ2n) is 6.80. The maximum atomic E-state index is 3.48. The molecule has 122 valence electrons. The summed E-state index contributed by atoms with van der Waals surface area (Å²) in [6, 6.07) is 9.72. The molecule has 2 aliphatic heterocycles. The van der Waals surface area contributed by atoms with Crippen LogP contribution >= 0.6 is 0 Å². The van der Waals surface area contributed by atoms with Crippen LogP contribution in [0.25, 0.3) is 0 Å². The standard InChI is InChI=1S/C18H30N4/c1-20(2)17-7-5-16(6-8-17)18(15-21-11-3-4-12-21)22-13-9-19-10-14-22/h5-8,18-19H,3-4,9-15H2,1-2H3. The summed E-state index contributed by atoms with van der Waals surface area (Å²) in [6.07, 6.45) is 2.74. The van der Waals surface area contributed by atoms with Gasteiger partial charge >= 0.3 is 0 Å². The summed E-state index contributed by atoms with van der Waals surface area (Å²) in [4.78, 5) is 7.48. The van der Waals surface area contributed by atoms with Crippen LogP contribution in [0.5, 0.6) is 0 Å². The van der Waals surface area contributed by atoms with E-state index in [0.717, 1.165) is 26.2 Å². The van der Waals surface area contributed by atoms with Crippen molar-refractivity contribution >= 4 is 5.69 Å². The first kappa shape index (κ1) is 15.8. The molecule has 0 aliphatic carbocycles. The Balaban J connectivity index is 1.76. The molecular formula is C18H30N4. The molecule has 1 atom stereocenters. The predicted molar refractivity (Wildman–Crippen MR) is 93.6 cm³/mol. The van der Waals surface area contributed by atoms with Crippen LogP contribution in [-0.4, -0.2) is 69.7 Å². The second kappa shape index (κ2) is 7.44. The molecular weight excluding hydrogens is 272 g/mol. The number of nitrogens with one attached hydrogen (secondary N) is 1. The van der Waals surface area contributed by atoms with Crippen LogP contribution in [0.15, 0.2) is 24.3 Å². The fourth-order valence-corrected chi connectivity index (χ4v) is 3.63. The van der Waals surface area contributed by atoms with E-state index in [1.165, 1.54) is 43.7 Å². The molecule has 0 saturated carbocycles. The normalized spacial score (nSPS) is 21.9. The second-order valence-corrected chi connectivity index (χ2v) is 6.80. The third-order valence-corrected chi connectivity index (χ3v) is 5.02. The molecule has 0 aromatic heterocycles. The Hall–Kier alpha value is -1.10. The Morgan fingerprint density at radius 1 is 1.00 bits per heavy atom. The summed E-state index contributed by atoms with van der Waals surface area (Å²) >= 11 is 0. The van der Waals surface area contributed by atoms with E-state index in [0.29, 0.717) is 6.04 Å². The first-order valence-corrected chi connectivity index (χ1v) is 8.68. The van der Waals surface area contributed by atoms with E-state index in [9.17, 15) is 0 Å². The molecule has 4 heteroatoms. The summed E-state index contributed by atoms with van der Waals surface area (Å²) in [5, 5.41) is 3.48. The third kappa shape index (κ3) is 3.80. The molecule has 3 rings (SSSR count). The zero-order valence-electron chi connectivity index (χ0n) is 14.1. The van der Waals surface area contributed by atoms with Gasteiger partial charge in [-0.1, -0.05) is 12.1 Å². The number of likely N-dealkylation sites (tertiary alicyclic amines) is 1. The summed E-state index contributed by atoms with van der Waals surface area (Å²) in [7, 11) is 4.21. The molecule has 0 radical (unpaired) electrons. The van der Waals surface area contributed by atoms with Gasteiger partial charge in [-0.05, 0) is 43.6 Å². The lowest BCUT2D eigenvalue weighted by atomic mass is 10.0. The van der Waals surface area contributed by atoms with Gasteiger partial charge in [0.15, 0.2) is 0 Å². The zero-order chi connectivity index (χ0) is 15.4. The Bertz CT molecular complexity index is 445. The summed E-state index contributed by atoms with van der Waals surface area (Å²) in [5.74, 6) is 0. The van der Waals surface area contributed by atoms with Gasteiger partial charge in [0.05, 0.1) is 0 Å². The fraction of sp³-hybridized carbons (Fsp3) is 0.667. The van der Waals surface area contributed by atoms with Gasteiger partial charge in [0.1, 0.15) is 0 Å². The molecule has 4 nitrogen and oxygen atoms in total. The van der Waals surface area contributed by atoms with Crippen molar-refractivity contribution in [1.82, 2.24) is 15.1 Å². The molecule has 2 aliphatic rings.